The summed E-state index contributed by atoms with van der Waals surface area (Å²) in [5.41, 5.74) is 7.84. The molecule has 0 fully saturated rings. The Bertz CT molecular complexity index is 495. The molecule has 1 heterocycles. The molecule has 0 radical (unpaired) electrons. The smallest absolute Gasteiger partial charge is 0.201 e. The predicted molar refractivity (Wildman–Crippen MR) is 69.1 cm³/mol. The van der Waals surface area contributed by atoms with E-state index in [9.17, 15) is 0 Å². The van der Waals surface area contributed by atoms with Gasteiger partial charge >= 0.3 is 0 Å². The highest BCUT2D eigenvalue weighted by Crippen LogP contribution is 2.23. The number of rotatable bonds is 4. The van der Waals surface area contributed by atoms with Gasteiger partial charge in [0.15, 0.2) is 0 Å². The van der Waals surface area contributed by atoms with Crippen LogP contribution in [0.1, 0.15) is 0 Å². The standard InChI is InChI=1S/C11H15N3OS/c1-15-8-3-4-9-10(7-8)14(5-6-16-2)11(12)13-9/h3-4,7H,5-6H2,1-2H3,(H2,12,13). The average Bonchev–Trinajstić information content (AvgIpc) is 2.61. The molecule has 0 aliphatic heterocycles. The van der Waals surface area contributed by atoms with E-state index in [1.165, 1.54) is 0 Å². The van der Waals surface area contributed by atoms with Crippen molar-refractivity contribution in [2.75, 3.05) is 24.9 Å². The fourth-order valence-corrected chi connectivity index (χ4v) is 2.03. The molecule has 0 saturated heterocycles. The minimum Gasteiger partial charge on any atom is -0.497 e. The van der Waals surface area contributed by atoms with Gasteiger partial charge in [-0.2, -0.15) is 11.8 Å². The maximum atomic E-state index is 5.89. The topological polar surface area (TPSA) is 53.1 Å². The molecule has 1 aromatic carbocycles. The first-order valence-corrected chi connectivity index (χ1v) is 6.44. The zero-order valence-corrected chi connectivity index (χ0v) is 10.3. The van der Waals surface area contributed by atoms with Crippen molar-refractivity contribution < 1.29 is 4.74 Å². The molecule has 1 aromatic heterocycles. The summed E-state index contributed by atoms with van der Waals surface area (Å²) in [7, 11) is 1.66. The monoisotopic (exact) mass is 237 g/mol. The van der Waals surface area contributed by atoms with Crippen LogP contribution >= 0.6 is 11.8 Å². The Labute approximate surface area is 98.8 Å². The lowest BCUT2D eigenvalue weighted by atomic mass is 10.3. The van der Waals surface area contributed by atoms with Crippen LogP contribution in [0.25, 0.3) is 11.0 Å². The number of methoxy groups -OCH3 is 1. The van der Waals surface area contributed by atoms with Crippen LogP contribution in [0.4, 0.5) is 5.95 Å². The van der Waals surface area contributed by atoms with Crippen LogP contribution in [0, 0.1) is 0 Å². The van der Waals surface area contributed by atoms with Gasteiger partial charge in [-0.1, -0.05) is 0 Å². The summed E-state index contributed by atoms with van der Waals surface area (Å²) in [6.45, 7) is 0.872. The van der Waals surface area contributed by atoms with Crippen LogP contribution in [0.15, 0.2) is 18.2 Å². The molecular formula is C11H15N3OS. The van der Waals surface area contributed by atoms with Crippen LogP contribution in [-0.2, 0) is 6.54 Å². The van der Waals surface area contributed by atoms with E-state index < -0.39 is 0 Å². The van der Waals surface area contributed by atoms with Gasteiger partial charge in [-0.15, -0.1) is 0 Å². The highest BCUT2D eigenvalue weighted by Gasteiger charge is 2.08. The second kappa shape index (κ2) is 4.65. The van der Waals surface area contributed by atoms with Gasteiger partial charge in [-0.3, -0.25) is 0 Å². The second-order valence-corrected chi connectivity index (χ2v) is 4.45. The van der Waals surface area contributed by atoms with Crippen molar-refractivity contribution in [3.63, 3.8) is 0 Å². The van der Waals surface area contributed by atoms with Gasteiger partial charge in [0.1, 0.15) is 5.75 Å². The number of nitrogens with two attached hydrogens (primary N) is 1. The van der Waals surface area contributed by atoms with E-state index in [4.69, 9.17) is 10.5 Å². The van der Waals surface area contributed by atoms with Gasteiger partial charge in [0.05, 0.1) is 18.1 Å². The molecule has 0 saturated carbocycles. The molecule has 0 aliphatic carbocycles. The fraction of sp³-hybridized carbons (Fsp3) is 0.364. The predicted octanol–water partition coefficient (Wildman–Crippen LogP) is 1.99. The van der Waals surface area contributed by atoms with Crippen molar-refractivity contribution in [1.29, 1.82) is 0 Å². The number of aryl methyl sites for hydroxylation is 1. The van der Waals surface area contributed by atoms with E-state index in [1.54, 1.807) is 18.9 Å². The zero-order chi connectivity index (χ0) is 11.5. The van der Waals surface area contributed by atoms with Crippen molar-refractivity contribution >= 4 is 28.7 Å². The summed E-state index contributed by atoms with van der Waals surface area (Å²) in [6, 6.07) is 5.80. The van der Waals surface area contributed by atoms with Gasteiger partial charge in [0.25, 0.3) is 0 Å². The third-order valence-corrected chi connectivity index (χ3v) is 3.09. The van der Waals surface area contributed by atoms with Crippen molar-refractivity contribution in [2.24, 2.45) is 0 Å². The number of ether oxygens (including phenoxy) is 1. The molecule has 86 valence electrons. The van der Waals surface area contributed by atoms with Crippen molar-refractivity contribution in [2.45, 2.75) is 6.54 Å². The molecule has 2 aromatic rings. The molecule has 2 N–H and O–H groups in total. The number of hydrogen-bond donors (Lipinski definition) is 1. The number of benzene rings is 1. The molecule has 0 atom stereocenters. The van der Waals surface area contributed by atoms with E-state index in [2.05, 4.69) is 11.2 Å². The van der Waals surface area contributed by atoms with Gasteiger partial charge in [0, 0.05) is 18.4 Å². The number of aromatic nitrogens is 2. The van der Waals surface area contributed by atoms with Gasteiger partial charge < -0.3 is 15.0 Å². The lowest BCUT2D eigenvalue weighted by molar-refractivity contribution is 0.415. The highest BCUT2D eigenvalue weighted by atomic mass is 32.2. The lowest BCUT2D eigenvalue weighted by Gasteiger charge is -2.05. The third kappa shape index (κ3) is 1.95. The van der Waals surface area contributed by atoms with E-state index in [0.29, 0.717) is 5.95 Å². The maximum Gasteiger partial charge on any atom is 0.201 e. The summed E-state index contributed by atoms with van der Waals surface area (Å²) in [6.07, 6.45) is 2.08. The molecule has 16 heavy (non-hydrogen) atoms. The number of nitrogen functional groups attached to an aromatic ring is 1. The summed E-state index contributed by atoms with van der Waals surface area (Å²) >= 11 is 1.79. The Morgan fingerprint density at radius 3 is 3.00 bits per heavy atom. The van der Waals surface area contributed by atoms with Gasteiger partial charge in [-0.05, 0) is 18.4 Å². The van der Waals surface area contributed by atoms with Gasteiger partial charge in [-0.25, -0.2) is 4.98 Å². The summed E-state index contributed by atoms with van der Waals surface area (Å²) in [4.78, 5) is 4.32. The average molecular weight is 237 g/mol. The van der Waals surface area contributed by atoms with E-state index in [0.717, 1.165) is 29.1 Å². The highest BCUT2D eigenvalue weighted by molar-refractivity contribution is 7.98. The first kappa shape index (κ1) is 11.1. The van der Waals surface area contributed by atoms with Crippen molar-refractivity contribution in [3.05, 3.63) is 18.2 Å². The largest absolute Gasteiger partial charge is 0.497 e. The number of nitrogens with zero attached hydrogens (tertiary/aromatic N) is 2. The minimum absolute atomic E-state index is 0.567. The van der Waals surface area contributed by atoms with Crippen molar-refractivity contribution in [1.82, 2.24) is 9.55 Å². The zero-order valence-electron chi connectivity index (χ0n) is 9.43. The Hall–Kier alpha value is -1.36. The first-order chi connectivity index (χ1) is 7.76. The number of imidazole rings is 1. The molecule has 0 unspecified atom stereocenters. The van der Waals surface area contributed by atoms with E-state index >= 15 is 0 Å². The summed E-state index contributed by atoms with van der Waals surface area (Å²) in [5, 5.41) is 0. The normalized spacial score (nSPS) is 10.9. The molecule has 0 spiro atoms. The Kier molecular flexibility index (Phi) is 3.24. The van der Waals surface area contributed by atoms with Crippen LogP contribution in [0.5, 0.6) is 5.75 Å². The van der Waals surface area contributed by atoms with E-state index in [1.807, 2.05) is 22.8 Å². The number of hydrogen-bond acceptors (Lipinski definition) is 4. The van der Waals surface area contributed by atoms with Crippen LogP contribution < -0.4 is 10.5 Å². The van der Waals surface area contributed by atoms with E-state index in [-0.39, 0.29) is 0 Å². The third-order valence-electron chi connectivity index (χ3n) is 2.50. The molecule has 4 nitrogen and oxygen atoms in total. The van der Waals surface area contributed by atoms with Crippen LogP contribution in [-0.4, -0.2) is 28.7 Å². The molecule has 5 heteroatoms. The SMILES string of the molecule is COc1ccc2nc(N)n(CCSC)c2c1. The summed E-state index contributed by atoms with van der Waals surface area (Å²) < 4.78 is 7.23. The first-order valence-electron chi connectivity index (χ1n) is 5.05. The Morgan fingerprint density at radius 2 is 2.31 bits per heavy atom. The second-order valence-electron chi connectivity index (χ2n) is 3.47. The van der Waals surface area contributed by atoms with Crippen LogP contribution in [0.2, 0.25) is 0 Å². The number of fused-ring (bicyclic) bond motifs is 1. The quantitative estimate of drug-likeness (QED) is 0.883. The van der Waals surface area contributed by atoms with Crippen LogP contribution in [0.3, 0.4) is 0 Å². The Morgan fingerprint density at radius 1 is 1.50 bits per heavy atom. The van der Waals surface area contributed by atoms with Crippen molar-refractivity contribution in [3.8, 4) is 5.75 Å². The molecule has 0 amide bonds. The molecular weight excluding hydrogens is 222 g/mol. The fourth-order valence-electron chi connectivity index (χ4n) is 1.67. The summed E-state index contributed by atoms with van der Waals surface area (Å²) in [5.74, 6) is 2.42. The molecule has 2 rings (SSSR count). The van der Waals surface area contributed by atoms with Gasteiger partial charge in [0.2, 0.25) is 5.95 Å². The lowest BCUT2D eigenvalue weighted by Crippen LogP contribution is -2.04. The maximum absolute atomic E-state index is 5.89. The minimum atomic E-state index is 0.567. The Balaban J connectivity index is 2.48. The number of anilines is 1. The number of thioether (sulfide) groups is 1. The molecule has 0 aliphatic rings. The molecule has 0 bridgehead atoms.